The minimum absolute atomic E-state index is 0.260. The molecule has 3 nitrogen and oxygen atoms in total. The van der Waals surface area contributed by atoms with Gasteiger partial charge in [0.1, 0.15) is 27.2 Å². The molecule has 4 rings (SSSR count). The Hall–Kier alpha value is -1.96. The van der Waals surface area contributed by atoms with Crippen molar-refractivity contribution in [1.29, 1.82) is 0 Å². The van der Waals surface area contributed by atoms with Gasteiger partial charge >= 0.3 is 0 Å². The third kappa shape index (κ3) is 3.75. The molecular weight excluding hydrogens is 387 g/mol. The summed E-state index contributed by atoms with van der Waals surface area (Å²) in [6.45, 7) is 2.45. The van der Waals surface area contributed by atoms with Crippen LogP contribution in [0.3, 0.4) is 0 Å². The maximum atomic E-state index is 12.9. The molecular formula is C19H15FN2OS3. The van der Waals surface area contributed by atoms with Crippen LogP contribution >= 0.6 is 34.4 Å². The minimum Gasteiger partial charge on any atom is -0.493 e. The molecule has 0 saturated heterocycles. The molecule has 0 amide bonds. The number of fused-ring (bicyclic) bond motifs is 1. The van der Waals surface area contributed by atoms with Crippen molar-refractivity contribution in [3.63, 3.8) is 0 Å². The maximum Gasteiger partial charge on any atom is 0.128 e. The third-order valence-corrected chi connectivity index (χ3v) is 6.42. The van der Waals surface area contributed by atoms with Gasteiger partial charge in [0.15, 0.2) is 0 Å². The summed E-state index contributed by atoms with van der Waals surface area (Å²) in [6.07, 6.45) is 0. The van der Waals surface area contributed by atoms with Gasteiger partial charge in [0.2, 0.25) is 0 Å². The topological polar surface area (TPSA) is 35.0 Å². The number of hydrogen-bond donors (Lipinski definition) is 0. The number of aryl methyl sites for hydroxylation is 1. The van der Waals surface area contributed by atoms with Crippen molar-refractivity contribution in [2.45, 2.75) is 11.9 Å². The average Bonchev–Trinajstić information content (AvgIpc) is 3.29. The average molecular weight is 403 g/mol. The van der Waals surface area contributed by atoms with Gasteiger partial charge < -0.3 is 4.74 Å². The zero-order chi connectivity index (χ0) is 17.9. The van der Waals surface area contributed by atoms with Gasteiger partial charge in [-0.05, 0) is 42.6 Å². The van der Waals surface area contributed by atoms with Crippen molar-refractivity contribution >= 4 is 44.7 Å². The Morgan fingerprint density at radius 1 is 1.12 bits per heavy atom. The largest absolute Gasteiger partial charge is 0.493 e. The SMILES string of the molecule is Cc1nc(SCCOc2ccc(F)cc2)c2c(-c3cccs3)csc2n1. The highest BCUT2D eigenvalue weighted by atomic mass is 32.2. The molecule has 1 aromatic carbocycles. The Morgan fingerprint density at radius 2 is 1.96 bits per heavy atom. The van der Waals surface area contributed by atoms with Gasteiger partial charge in [0, 0.05) is 21.6 Å². The Morgan fingerprint density at radius 3 is 2.73 bits per heavy atom. The van der Waals surface area contributed by atoms with E-state index >= 15 is 0 Å². The van der Waals surface area contributed by atoms with Gasteiger partial charge in [0.25, 0.3) is 0 Å². The van der Waals surface area contributed by atoms with Gasteiger partial charge in [-0.2, -0.15) is 0 Å². The lowest BCUT2D eigenvalue weighted by Gasteiger charge is -2.08. The second kappa shape index (κ2) is 7.73. The fourth-order valence-corrected chi connectivity index (χ4v) is 5.34. The van der Waals surface area contributed by atoms with E-state index in [2.05, 4.69) is 32.9 Å². The molecule has 0 unspecified atom stereocenters. The predicted octanol–water partition coefficient (Wildman–Crippen LogP) is 6.04. The first-order valence-electron chi connectivity index (χ1n) is 8.01. The number of aromatic nitrogens is 2. The van der Waals surface area contributed by atoms with Gasteiger partial charge in [-0.3, -0.25) is 0 Å². The van der Waals surface area contributed by atoms with Gasteiger partial charge in [-0.15, -0.1) is 34.4 Å². The van der Waals surface area contributed by atoms with E-state index in [9.17, 15) is 4.39 Å². The molecule has 0 fully saturated rings. The Labute approximate surface area is 162 Å². The van der Waals surface area contributed by atoms with Crippen LogP contribution in [-0.4, -0.2) is 22.3 Å². The molecule has 0 saturated carbocycles. The number of nitrogens with zero attached hydrogens (tertiary/aromatic N) is 2. The van der Waals surface area contributed by atoms with E-state index in [4.69, 9.17) is 4.74 Å². The molecule has 0 spiro atoms. The Kier molecular flexibility index (Phi) is 5.19. The van der Waals surface area contributed by atoms with Crippen molar-refractivity contribution in [2.24, 2.45) is 0 Å². The summed E-state index contributed by atoms with van der Waals surface area (Å²) in [7, 11) is 0. The first kappa shape index (κ1) is 17.5. The second-order valence-electron chi connectivity index (χ2n) is 5.53. The van der Waals surface area contributed by atoms with Gasteiger partial charge in [-0.1, -0.05) is 6.07 Å². The lowest BCUT2D eigenvalue weighted by molar-refractivity contribution is 0.343. The van der Waals surface area contributed by atoms with Crippen LogP contribution in [0.4, 0.5) is 4.39 Å². The van der Waals surface area contributed by atoms with Crippen LogP contribution in [0.5, 0.6) is 5.75 Å². The molecule has 4 aromatic rings. The molecule has 7 heteroatoms. The lowest BCUT2D eigenvalue weighted by atomic mass is 10.2. The quantitative estimate of drug-likeness (QED) is 0.224. The first-order valence-corrected chi connectivity index (χ1v) is 10.8. The van der Waals surface area contributed by atoms with Crippen molar-refractivity contribution in [2.75, 3.05) is 12.4 Å². The van der Waals surface area contributed by atoms with Crippen molar-refractivity contribution in [3.8, 4) is 16.2 Å². The fraction of sp³-hybridized carbons (Fsp3) is 0.158. The predicted molar refractivity (Wildman–Crippen MR) is 108 cm³/mol. The number of thioether (sulfide) groups is 1. The molecule has 0 bridgehead atoms. The van der Waals surface area contributed by atoms with E-state index in [-0.39, 0.29) is 5.82 Å². The van der Waals surface area contributed by atoms with Crippen LogP contribution in [0.25, 0.3) is 20.7 Å². The standard InChI is InChI=1S/C19H15FN2OS3/c1-12-21-18(25-10-8-23-14-6-4-13(20)5-7-14)17-15(11-26-19(17)22-12)16-3-2-9-24-16/h2-7,9,11H,8,10H2,1H3. The van der Waals surface area contributed by atoms with Crippen LogP contribution in [0.2, 0.25) is 0 Å². The number of halogens is 1. The summed E-state index contributed by atoms with van der Waals surface area (Å²) in [6, 6.07) is 10.3. The Balaban J connectivity index is 1.52. The first-order chi connectivity index (χ1) is 12.7. The number of thiophene rings is 2. The van der Waals surface area contributed by atoms with E-state index in [1.807, 2.05) is 6.92 Å². The molecule has 0 aliphatic heterocycles. The summed E-state index contributed by atoms with van der Waals surface area (Å²) >= 11 is 5.04. The number of ether oxygens (including phenoxy) is 1. The molecule has 0 aliphatic rings. The fourth-order valence-electron chi connectivity index (χ4n) is 2.56. The molecule has 26 heavy (non-hydrogen) atoms. The summed E-state index contributed by atoms with van der Waals surface area (Å²) in [5, 5.41) is 6.34. The van der Waals surface area contributed by atoms with Crippen LogP contribution in [0.15, 0.2) is 52.2 Å². The monoisotopic (exact) mass is 402 g/mol. The Bertz CT molecular complexity index is 1010. The summed E-state index contributed by atoms with van der Waals surface area (Å²) in [5.74, 6) is 1.94. The highest BCUT2D eigenvalue weighted by Gasteiger charge is 2.15. The summed E-state index contributed by atoms with van der Waals surface area (Å²) < 4.78 is 18.6. The second-order valence-corrected chi connectivity index (χ2v) is 8.42. The van der Waals surface area contributed by atoms with Crippen LogP contribution in [-0.2, 0) is 0 Å². The molecule has 132 valence electrons. The summed E-state index contributed by atoms with van der Waals surface area (Å²) in [5.41, 5.74) is 1.20. The molecule has 3 aromatic heterocycles. The smallest absolute Gasteiger partial charge is 0.128 e. The molecule has 3 heterocycles. The van der Waals surface area contributed by atoms with E-state index in [0.29, 0.717) is 12.4 Å². The molecule has 0 atom stereocenters. The molecule has 0 N–H and O–H groups in total. The van der Waals surface area contributed by atoms with Crippen molar-refractivity contribution in [1.82, 2.24) is 9.97 Å². The zero-order valence-electron chi connectivity index (χ0n) is 13.9. The normalized spacial score (nSPS) is 11.2. The number of hydrogen-bond acceptors (Lipinski definition) is 6. The third-order valence-electron chi connectivity index (χ3n) is 3.70. The lowest BCUT2D eigenvalue weighted by Crippen LogP contribution is -2.01. The van der Waals surface area contributed by atoms with E-state index in [1.54, 1.807) is 46.6 Å². The number of benzene rings is 1. The van der Waals surface area contributed by atoms with Crippen LogP contribution in [0, 0.1) is 12.7 Å². The highest BCUT2D eigenvalue weighted by molar-refractivity contribution is 7.99. The van der Waals surface area contributed by atoms with E-state index in [0.717, 1.165) is 26.8 Å². The van der Waals surface area contributed by atoms with E-state index < -0.39 is 0 Å². The number of rotatable bonds is 6. The van der Waals surface area contributed by atoms with Crippen LogP contribution < -0.4 is 4.74 Å². The summed E-state index contributed by atoms with van der Waals surface area (Å²) in [4.78, 5) is 11.5. The van der Waals surface area contributed by atoms with Crippen LogP contribution in [0.1, 0.15) is 5.82 Å². The van der Waals surface area contributed by atoms with E-state index in [1.165, 1.54) is 22.6 Å². The minimum atomic E-state index is -0.260. The van der Waals surface area contributed by atoms with Crippen molar-refractivity contribution < 1.29 is 9.13 Å². The zero-order valence-corrected chi connectivity index (χ0v) is 16.4. The molecule has 0 radical (unpaired) electrons. The maximum absolute atomic E-state index is 12.9. The molecule has 0 aliphatic carbocycles. The highest BCUT2D eigenvalue weighted by Crippen LogP contribution is 2.39. The van der Waals surface area contributed by atoms with Crippen molar-refractivity contribution in [3.05, 3.63) is 58.8 Å². The van der Waals surface area contributed by atoms with Gasteiger partial charge in [0.05, 0.1) is 12.0 Å². The van der Waals surface area contributed by atoms with Gasteiger partial charge in [-0.25, -0.2) is 14.4 Å².